The molecule has 2 aromatic heterocycles. The fraction of sp³-hybridized carbons (Fsp3) is 0.429. The lowest BCUT2D eigenvalue weighted by molar-refractivity contribution is 0.0864. The van der Waals surface area contributed by atoms with E-state index >= 15 is 0 Å². The average molecular weight is 459 g/mol. The van der Waals surface area contributed by atoms with Gasteiger partial charge >= 0.3 is 6.09 Å². The van der Waals surface area contributed by atoms with Gasteiger partial charge in [0.2, 0.25) is 5.95 Å². The van der Waals surface area contributed by atoms with E-state index in [1.807, 2.05) is 4.90 Å². The van der Waals surface area contributed by atoms with E-state index in [9.17, 15) is 13.6 Å². The van der Waals surface area contributed by atoms with E-state index in [-0.39, 0.29) is 11.7 Å². The number of alkyl halides is 2. The Hall–Kier alpha value is -3.54. The molecular formula is C21H23F2N7O3. The molecule has 2 N–H and O–H groups in total. The Morgan fingerprint density at radius 2 is 1.94 bits per heavy atom. The first kappa shape index (κ1) is 21.3. The van der Waals surface area contributed by atoms with Gasteiger partial charge in [0, 0.05) is 44.7 Å². The van der Waals surface area contributed by atoms with E-state index in [0.29, 0.717) is 74.6 Å². The van der Waals surface area contributed by atoms with E-state index in [4.69, 9.17) is 9.84 Å². The number of morpholine rings is 1. The van der Waals surface area contributed by atoms with Gasteiger partial charge in [-0.2, -0.15) is 9.97 Å². The summed E-state index contributed by atoms with van der Waals surface area (Å²) in [6.45, 7) is 3.63. The van der Waals surface area contributed by atoms with Crippen LogP contribution in [0.25, 0.3) is 16.9 Å². The molecule has 0 bridgehead atoms. The lowest BCUT2D eigenvalue weighted by Crippen LogP contribution is -2.51. The summed E-state index contributed by atoms with van der Waals surface area (Å²) in [5.74, 6) is 0.950. The van der Waals surface area contributed by atoms with Gasteiger partial charge in [-0.15, -0.1) is 0 Å². The number of hydrogen-bond donors (Lipinski definition) is 2. The maximum atomic E-state index is 13.9. The molecule has 174 valence electrons. The molecule has 1 amide bonds. The zero-order chi connectivity index (χ0) is 22.9. The molecule has 0 radical (unpaired) electrons. The maximum Gasteiger partial charge on any atom is 0.407 e. The minimum absolute atomic E-state index is 0.150. The Morgan fingerprint density at radius 3 is 2.67 bits per heavy atom. The molecule has 33 heavy (non-hydrogen) atoms. The molecule has 2 fully saturated rings. The Morgan fingerprint density at radius 1 is 1.18 bits per heavy atom. The molecule has 0 saturated carbocycles. The highest BCUT2D eigenvalue weighted by atomic mass is 19.3. The van der Waals surface area contributed by atoms with Crippen molar-refractivity contribution in [2.45, 2.75) is 6.43 Å². The van der Waals surface area contributed by atoms with Gasteiger partial charge in [0.05, 0.1) is 24.2 Å². The fourth-order valence-corrected chi connectivity index (χ4v) is 4.07. The van der Waals surface area contributed by atoms with Crippen LogP contribution >= 0.6 is 0 Å². The number of carboxylic acid groups (broad SMARTS) is 1. The molecule has 0 atom stereocenters. The van der Waals surface area contributed by atoms with Crippen LogP contribution in [-0.2, 0) is 4.74 Å². The van der Waals surface area contributed by atoms with E-state index in [2.05, 4.69) is 20.3 Å². The van der Waals surface area contributed by atoms with Gasteiger partial charge in [-0.05, 0) is 12.1 Å². The standard InChI is InChI=1S/C21H23F2N7O3/c22-18(23)19-25-14-3-1-2-4-15(14)30(19)17-9-16(24-10-13-11-29(12-13)21(31)32)26-20(27-17)28-5-7-33-8-6-28/h1-4,9,13,18H,5-8,10-12H2,(H,31,32)(H,24,26,27). The van der Waals surface area contributed by atoms with Crippen molar-refractivity contribution in [3.63, 3.8) is 0 Å². The largest absolute Gasteiger partial charge is 0.465 e. The highest BCUT2D eigenvalue weighted by Gasteiger charge is 2.30. The Balaban J connectivity index is 1.50. The second-order valence-electron chi connectivity index (χ2n) is 8.04. The molecule has 1 aromatic carbocycles. The summed E-state index contributed by atoms with van der Waals surface area (Å²) < 4.78 is 34.6. The number of benzene rings is 1. The van der Waals surface area contributed by atoms with Crippen molar-refractivity contribution in [3.05, 3.63) is 36.2 Å². The number of halogens is 2. The smallest absolute Gasteiger partial charge is 0.407 e. The zero-order valence-corrected chi connectivity index (χ0v) is 17.7. The van der Waals surface area contributed by atoms with Crippen molar-refractivity contribution in [3.8, 4) is 5.82 Å². The summed E-state index contributed by atoms with van der Waals surface area (Å²) in [6, 6.07) is 8.56. The molecule has 5 rings (SSSR count). The molecule has 12 heteroatoms. The summed E-state index contributed by atoms with van der Waals surface area (Å²) in [5.41, 5.74) is 0.985. The van der Waals surface area contributed by atoms with Crippen molar-refractivity contribution in [2.75, 3.05) is 56.2 Å². The van der Waals surface area contributed by atoms with E-state index in [0.717, 1.165) is 0 Å². The second kappa shape index (κ2) is 8.77. The monoisotopic (exact) mass is 459 g/mol. The predicted octanol–water partition coefficient (Wildman–Crippen LogP) is 2.61. The molecule has 2 aliphatic heterocycles. The second-order valence-corrected chi connectivity index (χ2v) is 8.04. The van der Waals surface area contributed by atoms with Crippen LogP contribution in [0.5, 0.6) is 0 Å². The molecular weight excluding hydrogens is 436 g/mol. The lowest BCUT2D eigenvalue weighted by Gasteiger charge is -2.37. The first-order valence-corrected chi connectivity index (χ1v) is 10.7. The summed E-state index contributed by atoms with van der Waals surface area (Å²) in [7, 11) is 0. The van der Waals surface area contributed by atoms with Crippen molar-refractivity contribution in [1.82, 2.24) is 24.4 Å². The highest BCUT2D eigenvalue weighted by Crippen LogP contribution is 2.29. The quantitative estimate of drug-likeness (QED) is 0.579. The Bertz CT molecular complexity index is 1160. The first-order valence-electron chi connectivity index (χ1n) is 10.7. The van der Waals surface area contributed by atoms with Crippen LogP contribution in [0, 0.1) is 5.92 Å². The minimum Gasteiger partial charge on any atom is -0.465 e. The summed E-state index contributed by atoms with van der Waals surface area (Å²) >= 11 is 0. The van der Waals surface area contributed by atoms with Crippen LogP contribution in [0.4, 0.5) is 25.3 Å². The molecule has 10 nitrogen and oxygen atoms in total. The number of ether oxygens (including phenoxy) is 1. The van der Waals surface area contributed by atoms with Crippen LogP contribution in [0.15, 0.2) is 30.3 Å². The van der Waals surface area contributed by atoms with Gasteiger partial charge in [0.1, 0.15) is 11.6 Å². The minimum atomic E-state index is -2.78. The van der Waals surface area contributed by atoms with Gasteiger partial charge < -0.3 is 25.0 Å². The molecule has 3 aromatic rings. The number of likely N-dealkylation sites (tertiary alicyclic amines) is 1. The third-order valence-electron chi connectivity index (χ3n) is 5.81. The molecule has 2 saturated heterocycles. The zero-order valence-electron chi connectivity index (χ0n) is 17.7. The fourth-order valence-electron chi connectivity index (χ4n) is 4.07. The van der Waals surface area contributed by atoms with Crippen LogP contribution in [-0.4, -0.2) is 81.6 Å². The maximum absolute atomic E-state index is 13.9. The average Bonchev–Trinajstić information content (AvgIpc) is 3.18. The SMILES string of the molecule is O=C(O)N1CC(CNc2cc(-n3c(C(F)F)nc4ccccc43)nc(N3CCOCC3)n2)C1. The van der Waals surface area contributed by atoms with E-state index in [1.165, 1.54) is 9.47 Å². The van der Waals surface area contributed by atoms with E-state index < -0.39 is 12.5 Å². The van der Waals surface area contributed by atoms with Gasteiger partial charge in [-0.3, -0.25) is 4.57 Å². The van der Waals surface area contributed by atoms with Gasteiger partial charge in [-0.1, -0.05) is 12.1 Å². The Kier molecular flexibility index (Phi) is 5.67. The summed E-state index contributed by atoms with van der Waals surface area (Å²) in [6.07, 6.45) is -3.72. The molecule has 0 spiro atoms. The number of fused-ring (bicyclic) bond motifs is 1. The molecule has 0 aliphatic carbocycles. The third-order valence-corrected chi connectivity index (χ3v) is 5.81. The van der Waals surface area contributed by atoms with E-state index in [1.54, 1.807) is 30.3 Å². The van der Waals surface area contributed by atoms with Crippen molar-refractivity contribution < 1.29 is 23.4 Å². The summed E-state index contributed by atoms with van der Waals surface area (Å²) in [4.78, 5) is 27.6. The number of nitrogens with zero attached hydrogens (tertiary/aromatic N) is 6. The van der Waals surface area contributed by atoms with Crippen molar-refractivity contribution >= 4 is 28.9 Å². The summed E-state index contributed by atoms with van der Waals surface area (Å²) in [5, 5.41) is 12.3. The molecule has 2 aliphatic rings. The van der Waals surface area contributed by atoms with Crippen molar-refractivity contribution in [2.24, 2.45) is 5.92 Å². The Labute approximate surface area is 187 Å². The number of imidazole rings is 1. The number of amides is 1. The van der Waals surface area contributed by atoms with Crippen LogP contribution < -0.4 is 10.2 Å². The van der Waals surface area contributed by atoms with Crippen LogP contribution in [0.1, 0.15) is 12.2 Å². The number of carbonyl (C=O) groups is 1. The van der Waals surface area contributed by atoms with Crippen LogP contribution in [0.2, 0.25) is 0 Å². The third kappa shape index (κ3) is 4.25. The highest BCUT2D eigenvalue weighted by molar-refractivity contribution is 5.78. The number of rotatable bonds is 6. The van der Waals surface area contributed by atoms with Crippen LogP contribution in [0.3, 0.4) is 0 Å². The van der Waals surface area contributed by atoms with Gasteiger partial charge in [0.15, 0.2) is 5.82 Å². The van der Waals surface area contributed by atoms with Gasteiger partial charge in [0.25, 0.3) is 6.43 Å². The number of anilines is 2. The number of nitrogens with one attached hydrogen (secondary N) is 1. The number of para-hydroxylation sites is 2. The molecule has 0 unspecified atom stereocenters. The number of aromatic nitrogens is 4. The molecule has 4 heterocycles. The topological polar surface area (TPSA) is 109 Å². The first-order chi connectivity index (χ1) is 16.0. The normalized spacial score (nSPS) is 16.9. The van der Waals surface area contributed by atoms with Gasteiger partial charge in [-0.25, -0.2) is 18.6 Å². The predicted molar refractivity (Wildman–Crippen MR) is 116 cm³/mol. The number of hydrogen-bond acceptors (Lipinski definition) is 7. The lowest BCUT2D eigenvalue weighted by atomic mass is 10.0. The van der Waals surface area contributed by atoms with Crippen molar-refractivity contribution in [1.29, 1.82) is 0 Å².